The molecule has 0 saturated heterocycles. The lowest BCUT2D eigenvalue weighted by Gasteiger charge is -2.07. The van der Waals surface area contributed by atoms with Gasteiger partial charge in [0.25, 0.3) is 5.91 Å². The predicted molar refractivity (Wildman–Crippen MR) is 76.4 cm³/mol. The largest absolute Gasteiger partial charge is 0.467 e. The molecule has 98 valence electrons. The summed E-state index contributed by atoms with van der Waals surface area (Å²) in [6.07, 6.45) is 1.58. The summed E-state index contributed by atoms with van der Waals surface area (Å²) in [5.41, 5.74) is 1.03. The van der Waals surface area contributed by atoms with Gasteiger partial charge in [0.1, 0.15) is 5.76 Å². The molecule has 0 fully saturated rings. The van der Waals surface area contributed by atoms with Crippen molar-refractivity contribution in [3.8, 4) is 0 Å². The first kappa shape index (κ1) is 13.3. The lowest BCUT2D eigenvalue weighted by atomic mass is 10.2. The van der Waals surface area contributed by atoms with Gasteiger partial charge in [0.05, 0.1) is 12.8 Å². The van der Waals surface area contributed by atoms with Crippen molar-refractivity contribution < 1.29 is 9.21 Å². The van der Waals surface area contributed by atoms with E-state index in [0.29, 0.717) is 13.1 Å². The van der Waals surface area contributed by atoms with E-state index in [1.54, 1.807) is 12.3 Å². The highest BCUT2D eigenvalue weighted by atomic mass is 32.1. The minimum atomic E-state index is -0.287. The van der Waals surface area contributed by atoms with Crippen molar-refractivity contribution >= 4 is 23.1 Å². The smallest absolute Gasteiger partial charge is 0.278 e. The van der Waals surface area contributed by atoms with Crippen LogP contribution >= 0.6 is 12.2 Å². The first-order valence-electron chi connectivity index (χ1n) is 5.88. The summed E-state index contributed by atoms with van der Waals surface area (Å²) >= 11 is 5.00. The molecule has 0 unspecified atom stereocenters. The molecule has 19 heavy (non-hydrogen) atoms. The molecule has 0 aliphatic carbocycles. The van der Waals surface area contributed by atoms with Crippen LogP contribution in [0, 0.1) is 0 Å². The van der Waals surface area contributed by atoms with E-state index < -0.39 is 0 Å². The van der Waals surface area contributed by atoms with Crippen LogP contribution in [-0.2, 0) is 17.9 Å². The Morgan fingerprint density at radius 1 is 1.05 bits per heavy atom. The van der Waals surface area contributed by atoms with Crippen LogP contribution in [0.4, 0.5) is 0 Å². The Labute approximate surface area is 116 Å². The van der Waals surface area contributed by atoms with Gasteiger partial charge in [-0.05, 0) is 17.7 Å². The molecule has 2 rings (SSSR count). The monoisotopic (exact) mass is 274 g/mol. The molecule has 0 aliphatic heterocycles. The molecule has 0 radical (unpaired) electrons. The quantitative estimate of drug-likeness (QED) is 0.837. The molecule has 1 amide bonds. The van der Waals surface area contributed by atoms with E-state index in [4.69, 9.17) is 16.6 Å². The van der Waals surface area contributed by atoms with Crippen LogP contribution in [-0.4, -0.2) is 10.9 Å². The van der Waals surface area contributed by atoms with Crippen LogP contribution in [0.1, 0.15) is 11.3 Å². The van der Waals surface area contributed by atoms with Crippen molar-refractivity contribution in [1.82, 2.24) is 10.6 Å². The molecule has 5 heteroatoms. The van der Waals surface area contributed by atoms with Gasteiger partial charge in [-0.1, -0.05) is 42.5 Å². The third kappa shape index (κ3) is 4.22. The van der Waals surface area contributed by atoms with Gasteiger partial charge in [0, 0.05) is 6.54 Å². The standard InChI is InChI=1S/C14H14N2O2S/c17-13(15-9-11-5-2-1-3-6-11)14(19)16-10-12-7-4-8-18-12/h1-8H,9-10H2,(H,15,17)(H,16,19). The highest BCUT2D eigenvalue weighted by Crippen LogP contribution is 1.99. The van der Waals surface area contributed by atoms with Crippen molar-refractivity contribution in [1.29, 1.82) is 0 Å². The zero-order valence-corrected chi connectivity index (χ0v) is 11.1. The molecule has 2 aromatic rings. The molecular formula is C14H14N2O2S. The fourth-order valence-electron chi connectivity index (χ4n) is 1.52. The van der Waals surface area contributed by atoms with Gasteiger partial charge in [-0.15, -0.1) is 0 Å². The Morgan fingerprint density at radius 3 is 2.53 bits per heavy atom. The van der Waals surface area contributed by atoms with Crippen LogP contribution in [0.15, 0.2) is 53.1 Å². The first-order chi connectivity index (χ1) is 9.25. The fraction of sp³-hybridized carbons (Fsp3) is 0.143. The molecule has 2 N–H and O–H groups in total. The second-order valence-electron chi connectivity index (χ2n) is 3.93. The molecule has 0 saturated carbocycles. The second-order valence-corrected chi connectivity index (χ2v) is 4.34. The summed E-state index contributed by atoms with van der Waals surface area (Å²) in [5.74, 6) is 0.448. The summed E-state index contributed by atoms with van der Waals surface area (Å²) in [6.45, 7) is 0.868. The number of nitrogens with one attached hydrogen (secondary N) is 2. The third-order valence-corrected chi connectivity index (χ3v) is 2.84. The van der Waals surface area contributed by atoms with Crippen molar-refractivity contribution in [2.24, 2.45) is 0 Å². The lowest BCUT2D eigenvalue weighted by molar-refractivity contribution is -0.115. The van der Waals surface area contributed by atoms with E-state index in [9.17, 15) is 4.79 Å². The Kier molecular flexibility index (Phi) is 4.69. The van der Waals surface area contributed by atoms with Crippen LogP contribution in [0.25, 0.3) is 0 Å². The number of carbonyl (C=O) groups excluding carboxylic acids is 1. The Morgan fingerprint density at radius 2 is 1.84 bits per heavy atom. The van der Waals surface area contributed by atoms with E-state index in [2.05, 4.69) is 10.6 Å². The maximum absolute atomic E-state index is 11.7. The van der Waals surface area contributed by atoms with Crippen LogP contribution in [0.3, 0.4) is 0 Å². The summed E-state index contributed by atoms with van der Waals surface area (Å²) in [7, 11) is 0. The minimum Gasteiger partial charge on any atom is -0.467 e. The number of thiocarbonyl (C=S) groups is 1. The van der Waals surface area contributed by atoms with Gasteiger partial charge in [0.15, 0.2) is 4.99 Å². The van der Waals surface area contributed by atoms with Crippen molar-refractivity contribution in [3.05, 3.63) is 60.1 Å². The summed E-state index contributed by atoms with van der Waals surface area (Å²) in [5, 5.41) is 5.60. The van der Waals surface area contributed by atoms with Gasteiger partial charge in [-0.25, -0.2) is 0 Å². The molecular weight excluding hydrogens is 260 g/mol. The maximum atomic E-state index is 11.7. The second kappa shape index (κ2) is 6.70. The highest BCUT2D eigenvalue weighted by molar-refractivity contribution is 7.82. The lowest BCUT2D eigenvalue weighted by Crippen LogP contribution is -2.37. The van der Waals surface area contributed by atoms with E-state index in [0.717, 1.165) is 11.3 Å². The molecule has 1 aromatic heterocycles. The molecule has 1 heterocycles. The predicted octanol–water partition coefficient (Wildman–Crippen LogP) is 2.01. The molecule has 0 spiro atoms. The Bertz CT molecular complexity index is 538. The van der Waals surface area contributed by atoms with Gasteiger partial charge in [-0.2, -0.15) is 0 Å². The van der Waals surface area contributed by atoms with Crippen molar-refractivity contribution in [3.63, 3.8) is 0 Å². The number of hydrogen-bond donors (Lipinski definition) is 2. The SMILES string of the molecule is O=C(NCc1ccccc1)C(=S)NCc1ccco1. The van der Waals surface area contributed by atoms with Crippen molar-refractivity contribution in [2.45, 2.75) is 13.1 Å². The van der Waals surface area contributed by atoms with Crippen LogP contribution < -0.4 is 10.6 Å². The average Bonchev–Trinajstić information content (AvgIpc) is 2.96. The third-order valence-electron chi connectivity index (χ3n) is 2.51. The van der Waals surface area contributed by atoms with Crippen LogP contribution in [0.5, 0.6) is 0 Å². The van der Waals surface area contributed by atoms with Crippen molar-refractivity contribution in [2.75, 3.05) is 0 Å². The van der Waals surface area contributed by atoms with E-state index >= 15 is 0 Å². The van der Waals surface area contributed by atoms with Gasteiger partial charge in [-0.3, -0.25) is 4.79 Å². The number of rotatable bonds is 4. The van der Waals surface area contributed by atoms with Crippen LogP contribution in [0.2, 0.25) is 0 Å². The molecule has 0 atom stereocenters. The van der Waals surface area contributed by atoms with Gasteiger partial charge < -0.3 is 15.1 Å². The molecule has 0 aliphatic rings. The molecule has 1 aromatic carbocycles. The van der Waals surface area contributed by atoms with Gasteiger partial charge in [0.2, 0.25) is 0 Å². The molecule has 0 bridgehead atoms. The summed E-state index contributed by atoms with van der Waals surface area (Å²) in [4.78, 5) is 11.9. The minimum absolute atomic E-state index is 0.160. The van der Waals surface area contributed by atoms with Gasteiger partial charge >= 0.3 is 0 Å². The van der Waals surface area contributed by atoms with E-state index in [-0.39, 0.29) is 10.9 Å². The average molecular weight is 274 g/mol. The summed E-state index contributed by atoms with van der Waals surface area (Å²) < 4.78 is 5.14. The number of carbonyl (C=O) groups is 1. The normalized spacial score (nSPS) is 9.89. The Hall–Kier alpha value is -2.14. The van der Waals surface area contributed by atoms with E-state index in [1.807, 2.05) is 36.4 Å². The number of amides is 1. The summed E-state index contributed by atoms with van der Waals surface area (Å²) in [6, 6.07) is 13.3. The zero-order chi connectivity index (χ0) is 13.5. The fourth-order valence-corrected chi connectivity index (χ4v) is 1.66. The molecule has 4 nitrogen and oxygen atoms in total. The highest BCUT2D eigenvalue weighted by Gasteiger charge is 2.08. The first-order valence-corrected chi connectivity index (χ1v) is 6.29. The number of benzene rings is 1. The zero-order valence-electron chi connectivity index (χ0n) is 10.3. The number of furan rings is 1. The topological polar surface area (TPSA) is 54.3 Å². The maximum Gasteiger partial charge on any atom is 0.278 e. The Balaban J connectivity index is 1.75. The van der Waals surface area contributed by atoms with E-state index in [1.165, 1.54) is 0 Å². The number of hydrogen-bond acceptors (Lipinski definition) is 3.